The molecule has 3 heterocycles. The molecule has 1 fully saturated rings. The average molecular weight is 342 g/mol. The van der Waals surface area contributed by atoms with Crippen LogP contribution in [0.3, 0.4) is 0 Å². The second-order valence-electron chi connectivity index (χ2n) is 5.53. The van der Waals surface area contributed by atoms with Crippen LogP contribution in [0.2, 0.25) is 0 Å². The molecule has 23 heavy (non-hydrogen) atoms. The Bertz CT molecular complexity index is 662. The second kappa shape index (κ2) is 6.61. The number of urea groups is 1. The number of rotatable bonds is 3. The smallest absolute Gasteiger partial charge is 0.324 e. The van der Waals surface area contributed by atoms with Gasteiger partial charge in [-0.15, -0.1) is 10.2 Å². The molecule has 1 N–H and O–H groups in total. The Hall–Kier alpha value is -2.03. The molecule has 9 heteroatoms. The fraction of sp³-hybridized carbons (Fsp3) is 0.500. The van der Waals surface area contributed by atoms with Crippen molar-refractivity contribution in [3.63, 3.8) is 0 Å². The van der Waals surface area contributed by atoms with Gasteiger partial charge in [0.05, 0.1) is 12.3 Å². The lowest BCUT2D eigenvalue weighted by molar-refractivity contribution is 0.129. The predicted octanol–water partition coefficient (Wildman–Crippen LogP) is 4.07. The third kappa shape index (κ3) is 3.49. The summed E-state index contributed by atoms with van der Waals surface area (Å²) in [5.74, 6) is 1.19. The molecule has 0 bridgehead atoms. The highest BCUT2D eigenvalue weighted by Crippen LogP contribution is 2.35. The SMILES string of the molecule is CC1CCN(C(=O)Nc2nnc(C(F)F)s2)C(c2ccco2)C1. The van der Waals surface area contributed by atoms with Crippen LogP contribution in [-0.2, 0) is 0 Å². The van der Waals surface area contributed by atoms with Crippen LogP contribution < -0.4 is 5.32 Å². The number of anilines is 1. The van der Waals surface area contributed by atoms with E-state index in [1.807, 2.05) is 6.07 Å². The number of amides is 2. The molecule has 2 aromatic rings. The lowest BCUT2D eigenvalue weighted by Crippen LogP contribution is -2.42. The van der Waals surface area contributed by atoms with Crippen LogP contribution in [0.5, 0.6) is 0 Å². The van der Waals surface area contributed by atoms with E-state index in [2.05, 4.69) is 22.4 Å². The fourth-order valence-electron chi connectivity index (χ4n) is 2.67. The van der Waals surface area contributed by atoms with Crippen molar-refractivity contribution >= 4 is 22.5 Å². The number of carbonyl (C=O) groups excluding carboxylic acids is 1. The van der Waals surface area contributed by atoms with Crippen molar-refractivity contribution in [2.24, 2.45) is 5.92 Å². The largest absolute Gasteiger partial charge is 0.467 e. The van der Waals surface area contributed by atoms with Gasteiger partial charge in [0, 0.05) is 6.54 Å². The molecule has 0 aromatic carbocycles. The van der Waals surface area contributed by atoms with E-state index in [4.69, 9.17) is 4.42 Å². The average Bonchev–Trinajstić information content (AvgIpc) is 3.18. The monoisotopic (exact) mass is 342 g/mol. The van der Waals surface area contributed by atoms with Crippen LogP contribution in [0.4, 0.5) is 18.7 Å². The maximum atomic E-state index is 12.5. The number of halogens is 2. The number of furan rings is 1. The molecule has 2 unspecified atom stereocenters. The van der Waals surface area contributed by atoms with Gasteiger partial charge < -0.3 is 9.32 Å². The van der Waals surface area contributed by atoms with Crippen LogP contribution in [0, 0.1) is 5.92 Å². The minimum absolute atomic E-state index is 0.0714. The van der Waals surface area contributed by atoms with Crippen molar-refractivity contribution in [2.75, 3.05) is 11.9 Å². The molecular formula is C14H16F2N4O2S. The van der Waals surface area contributed by atoms with Gasteiger partial charge in [0.25, 0.3) is 6.43 Å². The zero-order valence-electron chi connectivity index (χ0n) is 12.4. The van der Waals surface area contributed by atoms with E-state index in [1.165, 1.54) is 0 Å². The summed E-state index contributed by atoms with van der Waals surface area (Å²) in [6, 6.07) is 3.07. The number of hydrogen-bond acceptors (Lipinski definition) is 5. The van der Waals surface area contributed by atoms with E-state index in [9.17, 15) is 13.6 Å². The first-order valence-electron chi connectivity index (χ1n) is 7.27. The minimum Gasteiger partial charge on any atom is -0.467 e. The van der Waals surface area contributed by atoms with Crippen molar-refractivity contribution < 1.29 is 18.0 Å². The lowest BCUT2D eigenvalue weighted by Gasteiger charge is -2.37. The highest BCUT2D eigenvalue weighted by Gasteiger charge is 2.33. The molecule has 0 radical (unpaired) electrons. The first-order chi connectivity index (χ1) is 11.0. The summed E-state index contributed by atoms with van der Waals surface area (Å²) in [7, 11) is 0. The highest BCUT2D eigenvalue weighted by molar-refractivity contribution is 7.15. The highest BCUT2D eigenvalue weighted by atomic mass is 32.1. The molecule has 124 valence electrons. The number of hydrogen-bond donors (Lipinski definition) is 1. The van der Waals surface area contributed by atoms with Gasteiger partial charge in [-0.2, -0.15) is 0 Å². The molecule has 0 aliphatic carbocycles. The number of aromatic nitrogens is 2. The lowest BCUT2D eigenvalue weighted by atomic mass is 9.91. The Morgan fingerprint density at radius 2 is 2.35 bits per heavy atom. The Balaban J connectivity index is 1.73. The van der Waals surface area contributed by atoms with Gasteiger partial charge in [0.2, 0.25) is 5.13 Å². The van der Waals surface area contributed by atoms with Crippen molar-refractivity contribution in [3.8, 4) is 0 Å². The van der Waals surface area contributed by atoms with E-state index in [1.54, 1.807) is 17.2 Å². The maximum absolute atomic E-state index is 12.5. The standard InChI is InChI=1S/C14H16F2N4O2S/c1-8-4-5-20(9(7-8)10-3-2-6-22-10)14(21)17-13-19-18-12(23-13)11(15)16/h2-3,6,8-9,11H,4-5,7H2,1H3,(H,17,19,21). The van der Waals surface area contributed by atoms with Gasteiger partial charge in [-0.1, -0.05) is 18.3 Å². The number of alkyl halides is 2. The molecule has 1 saturated heterocycles. The fourth-order valence-corrected chi connectivity index (χ4v) is 3.26. The first-order valence-corrected chi connectivity index (χ1v) is 8.09. The first kappa shape index (κ1) is 15.9. The third-order valence-corrected chi connectivity index (χ3v) is 4.68. The van der Waals surface area contributed by atoms with E-state index in [-0.39, 0.29) is 17.2 Å². The quantitative estimate of drug-likeness (QED) is 0.912. The number of piperidine rings is 1. The summed E-state index contributed by atoms with van der Waals surface area (Å²) in [6.45, 7) is 2.70. The molecule has 2 aromatic heterocycles. The van der Waals surface area contributed by atoms with Crippen LogP contribution in [0.25, 0.3) is 0 Å². The summed E-state index contributed by atoms with van der Waals surface area (Å²) in [5, 5.41) is 9.16. The van der Waals surface area contributed by atoms with Crippen LogP contribution in [-0.4, -0.2) is 27.7 Å². The van der Waals surface area contributed by atoms with Crippen molar-refractivity contribution in [2.45, 2.75) is 32.2 Å². The Morgan fingerprint density at radius 1 is 1.52 bits per heavy atom. The molecule has 0 spiro atoms. The zero-order valence-corrected chi connectivity index (χ0v) is 13.2. The third-order valence-electron chi connectivity index (χ3n) is 3.84. The summed E-state index contributed by atoms with van der Waals surface area (Å²) >= 11 is 0.678. The molecule has 2 atom stereocenters. The van der Waals surface area contributed by atoms with Crippen LogP contribution in [0.1, 0.15) is 43.0 Å². The topological polar surface area (TPSA) is 71.3 Å². The van der Waals surface area contributed by atoms with Crippen LogP contribution in [0.15, 0.2) is 22.8 Å². The van der Waals surface area contributed by atoms with Gasteiger partial charge in [-0.3, -0.25) is 5.32 Å². The van der Waals surface area contributed by atoms with Gasteiger partial charge in [0.15, 0.2) is 5.01 Å². The van der Waals surface area contributed by atoms with E-state index in [0.717, 1.165) is 18.6 Å². The summed E-state index contributed by atoms with van der Waals surface area (Å²) < 4.78 is 30.5. The summed E-state index contributed by atoms with van der Waals surface area (Å²) in [5.41, 5.74) is 0. The molecule has 6 nitrogen and oxygen atoms in total. The van der Waals surface area contributed by atoms with Gasteiger partial charge in [0.1, 0.15) is 5.76 Å². The number of nitrogens with one attached hydrogen (secondary N) is 1. The van der Waals surface area contributed by atoms with Crippen LogP contribution >= 0.6 is 11.3 Å². The molecular weight excluding hydrogens is 326 g/mol. The van der Waals surface area contributed by atoms with Gasteiger partial charge >= 0.3 is 6.03 Å². The van der Waals surface area contributed by atoms with Crippen molar-refractivity contribution in [3.05, 3.63) is 29.2 Å². The Morgan fingerprint density at radius 3 is 3.00 bits per heavy atom. The zero-order chi connectivity index (χ0) is 16.4. The molecule has 0 saturated carbocycles. The summed E-state index contributed by atoms with van der Waals surface area (Å²) in [6.07, 6.45) is 0.553. The predicted molar refractivity (Wildman–Crippen MR) is 80.4 cm³/mol. The van der Waals surface area contributed by atoms with Gasteiger partial charge in [-0.05, 0) is 30.9 Å². The Labute approximate surface area is 135 Å². The molecule has 2 amide bonds. The number of carbonyl (C=O) groups is 1. The maximum Gasteiger partial charge on any atom is 0.324 e. The van der Waals surface area contributed by atoms with E-state index >= 15 is 0 Å². The molecule has 3 rings (SSSR count). The van der Waals surface area contributed by atoms with Gasteiger partial charge in [-0.25, -0.2) is 13.6 Å². The van der Waals surface area contributed by atoms with Crippen molar-refractivity contribution in [1.29, 1.82) is 0 Å². The number of nitrogens with zero attached hydrogens (tertiary/aromatic N) is 3. The van der Waals surface area contributed by atoms with E-state index < -0.39 is 11.4 Å². The molecule has 1 aliphatic rings. The second-order valence-corrected chi connectivity index (χ2v) is 6.54. The number of likely N-dealkylation sites (tertiary alicyclic amines) is 1. The molecule has 1 aliphatic heterocycles. The van der Waals surface area contributed by atoms with E-state index in [0.29, 0.717) is 23.8 Å². The normalized spacial score (nSPS) is 21.7. The Kier molecular flexibility index (Phi) is 4.56. The summed E-state index contributed by atoms with van der Waals surface area (Å²) in [4.78, 5) is 14.1. The van der Waals surface area contributed by atoms with Crippen molar-refractivity contribution in [1.82, 2.24) is 15.1 Å². The minimum atomic E-state index is -2.69.